The molecular weight excluding hydrogens is 2130 g/mol. The van der Waals surface area contributed by atoms with Crippen molar-refractivity contribution in [2.75, 3.05) is 0 Å². The van der Waals surface area contributed by atoms with Gasteiger partial charge in [-0.25, -0.2) is 29.9 Å². The van der Waals surface area contributed by atoms with Gasteiger partial charge in [0.2, 0.25) is 5.95 Å². The maximum Gasteiger partial charge on any atom is 0.237 e. The van der Waals surface area contributed by atoms with Crippen LogP contribution in [-0.2, 0) is 0 Å². The lowest BCUT2D eigenvalue weighted by molar-refractivity contribution is 0.997. The molecule has 0 aliphatic carbocycles. The van der Waals surface area contributed by atoms with Crippen molar-refractivity contribution in [2.45, 2.75) is 0 Å². The van der Waals surface area contributed by atoms with E-state index >= 15 is 0 Å². The minimum Gasteiger partial charge on any atom is -0.309 e. The summed E-state index contributed by atoms with van der Waals surface area (Å²) in [6, 6.07) is 139. The summed E-state index contributed by atoms with van der Waals surface area (Å²) in [6.45, 7) is 0. The molecule has 0 saturated carbocycles. The van der Waals surface area contributed by atoms with Crippen molar-refractivity contribution in [3.05, 3.63) is 497 Å². The Bertz CT molecular complexity index is 9220. The Labute approximate surface area is 879 Å². The molecule has 0 fully saturated rings. The van der Waals surface area contributed by atoms with Crippen LogP contribution in [0.15, 0.2) is 497 Å². The predicted octanol–water partition coefficient (Wildman–Crippen LogP) is 33.3. The minimum atomic E-state index is 0.619. The molecule has 0 N–H and O–H groups in total. The molecule has 16 aromatic heterocycles. The largest absolute Gasteiger partial charge is 0.309 e. The van der Waals surface area contributed by atoms with Crippen LogP contribution in [0.4, 0.5) is 0 Å². The number of pyridine rings is 10. The average Bonchev–Trinajstić information content (AvgIpc) is 1.59. The summed E-state index contributed by atoms with van der Waals surface area (Å²) in [7, 11) is 0. The van der Waals surface area contributed by atoms with Crippen LogP contribution in [0.5, 0.6) is 0 Å². The molecule has 12 aromatic carbocycles. The molecular formula is C124H78Br5N17. The Hall–Kier alpha value is -17.1. The van der Waals surface area contributed by atoms with Crippen LogP contribution in [0, 0.1) is 0 Å². The third kappa shape index (κ3) is 18.0. The van der Waals surface area contributed by atoms with E-state index in [1.165, 1.54) is 49.2 Å². The van der Waals surface area contributed by atoms with Crippen molar-refractivity contribution in [1.29, 1.82) is 0 Å². The van der Waals surface area contributed by atoms with Crippen molar-refractivity contribution < 1.29 is 0 Å². The second-order valence-corrected chi connectivity index (χ2v) is 39.3. The van der Waals surface area contributed by atoms with Gasteiger partial charge in [-0.3, -0.25) is 43.6 Å². The lowest BCUT2D eigenvalue weighted by Crippen LogP contribution is -2.04. The number of benzene rings is 12. The van der Waals surface area contributed by atoms with E-state index in [2.05, 4.69) is 398 Å². The molecule has 0 amide bonds. The number of hydrogen-bond acceptors (Lipinski definition) is 12. The van der Waals surface area contributed by atoms with Crippen molar-refractivity contribution in [1.82, 2.24) is 82.6 Å². The van der Waals surface area contributed by atoms with Crippen LogP contribution >= 0.6 is 79.6 Å². The maximum absolute atomic E-state index is 5.04. The molecule has 0 unspecified atom stereocenters. The average molecular weight is 2210 g/mol. The molecule has 0 aliphatic rings. The Morgan fingerprint density at radius 1 is 0.171 bits per heavy atom. The number of hydrogen-bond donors (Lipinski definition) is 0. The first-order chi connectivity index (χ1) is 72.0. The fraction of sp³-hybridized carbons (Fsp3) is 0. The van der Waals surface area contributed by atoms with Gasteiger partial charge in [0.05, 0.1) is 90.2 Å². The first-order valence-corrected chi connectivity index (χ1v) is 51.1. The summed E-state index contributed by atoms with van der Waals surface area (Å²) in [6.07, 6.45) is 20.3. The molecule has 22 heteroatoms. The summed E-state index contributed by atoms with van der Waals surface area (Å²) in [4.78, 5) is 56.0. The molecule has 146 heavy (non-hydrogen) atoms. The van der Waals surface area contributed by atoms with E-state index in [1.807, 2.05) is 201 Å². The van der Waals surface area contributed by atoms with E-state index in [0.717, 1.165) is 195 Å². The summed E-state index contributed by atoms with van der Waals surface area (Å²) >= 11 is 18.0. The van der Waals surface area contributed by atoms with Crippen molar-refractivity contribution in [2.24, 2.45) is 0 Å². The number of halogens is 5. The van der Waals surface area contributed by atoms with Crippen LogP contribution in [0.25, 0.3) is 228 Å². The van der Waals surface area contributed by atoms with Gasteiger partial charge in [0.1, 0.15) is 16.9 Å². The normalized spacial score (nSPS) is 11.3. The fourth-order valence-corrected chi connectivity index (χ4v) is 21.2. The lowest BCUT2D eigenvalue weighted by Gasteiger charge is -2.13. The Morgan fingerprint density at radius 2 is 0.527 bits per heavy atom. The molecule has 0 aliphatic heterocycles. The highest BCUT2D eigenvalue weighted by Gasteiger charge is 2.24. The second kappa shape index (κ2) is 40.3. The molecule has 16 heterocycles. The standard InChI is InChI=1S/C33H21BrN4.C32H20BrN5.C25H15BrN4.2C17H11BrN2/c34-26-12-13-32-29(21-26)28-9-6-16-37-33(28)38(32)27-8-5-7-22(20-27)23-17-24(30-10-1-3-14-35-30)19-25(18-23)31-11-2-4-15-36-31;33-23-12-13-31-26(20-23)25-9-6-16-36-32(25)38(31)24-8-5-7-21(17-24)22-18-29(27-10-1-3-14-34-27)37-30(19-22)28-11-2-4-15-35-28;26-17-12-13-22-20(15-17)18-10-6-14-27-24(18)30(22)25-28-21-11-5-4-9-19(21)23(29-25)16-7-2-1-3-8-16;18-12-6-7-16-14(10-12)15-11-19-9-8-17(15)20(16)13-4-2-1-3-5-13;18-12-6-7-16-15(10-12)14-8-9-19-11-17(14)20(16)13-4-2-1-3-5-13/h1-21H;1-20H;1-15H;2*1-11H. The fourth-order valence-electron chi connectivity index (χ4n) is 19.3. The highest BCUT2D eigenvalue weighted by molar-refractivity contribution is 9.11. The molecule has 0 atom stereocenters. The Balaban J connectivity index is 0.000000100. The van der Waals surface area contributed by atoms with Gasteiger partial charge in [-0.15, -0.1) is 0 Å². The van der Waals surface area contributed by atoms with Gasteiger partial charge in [-0.2, -0.15) is 0 Å². The predicted molar refractivity (Wildman–Crippen MR) is 612 cm³/mol. The monoisotopic (exact) mass is 2200 g/mol. The molecule has 17 nitrogen and oxygen atoms in total. The SMILES string of the molecule is Brc1ccc2c(c1)c1cccnc1n2-c1cccc(-c2cc(-c3ccccn3)cc(-c3ccccn3)c2)c1.Brc1ccc2c(c1)c1cccnc1n2-c1cccc(-c2cc(-c3ccccn3)nc(-c3ccccn3)c2)c1.Brc1ccc2c(c1)c1cccnc1n2-c1nc(-c2ccccc2)c2ccccc2n1.Brc1ccc2c(c1)c1ccncc1n2-c1ccccc1.Brc1ccc2c(c1)c1cnccc1n2-c1ccccc1. The highest BCUT2D eigenvalue weighted by Crippen LogP contribution is 2.43. The van der Waals surface area contributed by atoms with Gasteiger partial charge < -0.3 is 9.13 Å². The third-order valence-corrected chi connectivity index (χ3v) is 28.3. The molecule has 28 aromatic rings. The van der Waals surface area contributed by atoms with Crippen LogP contribution in [0.1, 0.15) is 0 Å². The summed E-state index contributed by atoms with van der Waals surface area (Å²) in [5.41, 5.74) is 29.5. The number of para-hydroxylation sites is 3. The number of fused-ring (bicyclic) bond motifs is 16. The number of aromatic nitrogens is 17. The molecule has 28 rings (SSSR count). The van der Waals surface area contributed by atoms with Crippen LogP contribution < -0.4 is 0 Å². The van der Waals surface area contributed by atoms with Crippen molar-refractivity contribution in [3.63, 3.8) is 0 Å². The first kappa shape index (κ1) is 91.4. The van der Waals surface area contributed by atoms with E-state index < -0.39 is 0 Å². The van der Waals surface area contributed by atoms with Crippen LogP contribution in [0.2, 0.25) is 0 Å². The topological polar surface area (TPSA) is 179 Å². The molecule has 694 valence electrons. The number of nitrogens with zero attached hydrogens (tertiary/aromatic N) is 17. The van der Waals surface area contributed by atoms with Gasteiger partial charge in [0.15, 0.2) is 0 Å². The number of rotatable bonds is 12. The van der Waals surface area contributed by atoms with Gasteiger partial charge in [-0.1, -0.05) is 213 Å². The summed E-state index contributed by atoms with van der Waals surface area (Å²) in [5, 5.41) is 12.6. The van der Waals surface area contributed by atoms with Crippen molar-refractivity contribution >= 4 is 200 Å². The van der Waals surface area contributed by atoms with Gasteiger partial charge in [0, 0.05) is 183 Å². The maximum atomic E-state index is 5.04. The zero-order valence-corrected chi connectivity index (χ0v) is 85.5. The quantitative estimate of drug-likeness (QED) is 0.113. The zero-order chi connectivity index (χ0) is 98.1. The Morgan fingerprint density at radius 3 is 1.01 bits per heavy atom. The van der Waals surface area contributed by atoms with Gasteiger partial charge in [-0.05, 0) is 295 Å². The van der Waals surface area contributed by atoms with E-state index in [1.54, 1.807) is 12.4 Å². The summed E-state index contributed by atoms with van der Waals surface area (Å²) in [5.74, 6) is 0.619. The van der Waals surface area contributed by atoms with Crippen LogP contribution in [-0.4, -0.2) is 82.6 Å². The van der Waals surface area contributed by atoms with Crippen LogP contribution in [0.3, 0.4) is 0 Å². The third-order valence-electron chi connectivity index (χ3n) is 25.8. The Kier molecular flexibility index (Phi) is 25.3. The smallest absolute Gasteiger partial charge is 0.237 e. The van der Waals surface area contributed by atoms with E-state index in [4.69, 9.17) is 24.9 Å². The van der Waals surface area contributed by atoms with E-state index in [9.17, 15) is 0 Å². The van der Waals surface area contributed by atoms with Gasteiger partial charge >= 0.3 is 0 Å². The summed E-state index contributed by atoms with van der Waals surface area (Å²) < 4.78 is 16.3. The molecule has 0 spiro atoms. The highest BCUT2D eigenvalue weighted by atomic mass is 79.9. The second-order valence-electron chi connectivity index (χ2n) is 34.7. The lowest BCUT2D eigenvalue weighted by atomic mass is 9.96. The van der Waals surface area contributed by atoms with Gasteiger partial charge in [0.25, 0.3) is 0 Å². The van der Waals surface area contributed by atoms with E-state index in [-0.39, 0.29) is 0 Å². The zero-order valence-electron chi connectivity index (χ0n) is 77.5. The van der Waals surface area contributed by atoms with Crippen molar-refractivity contribution in [3.8, 4) is 107 Å². The first-order valence-electron chi connectivity index (χ1n) is 47.2. The minimum absolute atomic E-state index is 0.619. The van der Waals surface area contributed by atoms with E-state index in [0.29, 0.717) is 5.95 Å². The molecule has 0 radical (unpaired) electrons. The molecule has 0 saturated heterocycles. The molecule has 0 bridgehead atoms.